The summed E-state index contributed by atoms with van der Waals surface area (Å²) < 4.78 is 5.74. The SMILES string of the molecule is CCCCN(C(=O)CN1C(=O)O[C@@]2(CCc3cc(C4CNC4)ccc32)C1=O)[C@@H](C)C1CC1. The molecule has 172 valence electrons. The van der Waals surface area contributed by atoms with Gasteiger partial charge in [-0.1, -0.05) is 31.5 Å². The lowest BCUT2D eigenvalue weighted by atomic mass is 9.89. The van der Waals surface area contributed by atoms with Crippen LogP contribution in [0, 0.1) is 5.92 Å². The van der Waals surface area contributed by atoms with E-state index in [1.54, 1.807) is 0 Å². The predicted molar refractivity (Wildman–Crippen MR) is 119 cm³/mol. The molecule has 3 fully saturated rings. The zero-order valence-electron chi connectivity index (χ0n) is 19.1. The Balaban J connectivity index is 1.34. The van der Waals surface area contributed by atoms with Crippen LogP contribution in [-0.4, -0.2) is 59.9 Å². The average Bonchev–Trinajstić information content (AvgIpc) is 3.49. The maximum Gasteiger partial charge on any atom is 0.418 e. The summed E-state index contributed by atoms with van der Waals surface area (Å²) >= 11 is 0. The van der Waals surface area contributed by atoms with E-state index in [4.69, 9.17) is 4.74 Å². The van der Waals surface area contributed by atoms with E-state index in [0.29, 0.717) is 31.2 Å². The van der Waals surface area contributed by atoms with E-state index >= 15 is 0 Å². The first-order chi connectivity index (χ1) is 15.4. The number of ether oxygens (including phenoxy) is 1. The van der Waals surface area contributed by atoms with Crippen molar-refractivity contribution in [2.24, 2.45) is 5.92 Å². The van der Waals surface area contributed by atoms with Crippen molar-refractivity contribution in [1.29, 1.82) is 0 Å². The van der Waals surface area contributed by atoms with E-state index in [9.17, 15) is 14.4 Å². The molecule has 1 N–H and O–H groups in total. The van der Waals surface area contributed by atoms with Crippen LogP contribution in [0.1, 0.15) is 68.6 Å². The summed E-state index contributed by atoms with van der Waals surface area (Å²) in [6, 6.07) is 6.31. The van der Waals surface area contributed by atoms with Crippen molar-refractivity contribution < 1.29 is 19.1 Å². The number of aryl methyl sites for hydroxylation is 1. The van der Waals surface area contributed by atoms with Gasteiger partial charge in [-0.2, -0.15) is 0 Å². The number of rotatable bonds is 8. The van der Waals surface area contributed by atoms with Crippen molar-refractivity contribution in [2.45, 2.75) is 69.9 Å². The number of benzene rings is 1. The molecule has 0 bridgehead atoms. The summed E-state index contributed by atoms with van der Waals surface area (Å²) in [5, 5.41) is 3.29. The van der Waals surface area contributed by atoms with Crippen LogP contribution in [0.5, 0.6) is 0 Å². The monoisotopic (exact) mass is 439 g/mol. The van der Waals surface area contributed by atoms with Crippen LogP contribution in [0.4, 0.5) is 4.79 Å². The minimum absolute atomic E-state index is 0.142. The number of unbranched alkanes of at least 4 members (excludes halogenated alkanes) is 1. The van der Waals surface area contributed by atoms with Crippen molar-refractivity contribution in [2.75, 3.05) is 26.2 Å². The minimum atomic E-state index is -1.26. The van der Waals surface area contributed by atoms with Crippen LogP contribution in [0.15, 0.2) is 18.2 Å². The number of nitrogens with zero attached hydrogens (tertiary/aromatic N) is 2. The number of carbonyl (C=O) groups excluding carboxylic acids is 3. The number of hydrogen-bond acceptors (Lipinski definition) is 5. The van der Waals surface area contributed by atoms with Gasteiger partial charge in [0.1, 0.15) is 6.54 Å². The van der Waals surface area contributed by atoms with E-state index < -0.39 is 11.7 Å². The highest BCUT2D eigenvalue weighted by molar-refractivity contribution is 6.06. The van der Waals surface area contributed by atoms with Crippen molar-refractivity contribution >= 4 is 17.9 Å². The molecule has 2 aliphatic carbocycles. The van der Waals surface area contributed by atoms with Gasteiger partial charge in [-0.25, -0.2) is 9.69 Å². The Labute approximate surface area is 189 Å². The van der Waals surface area contributed by atoms with Crippen LogP contribution in [-0.2, 0) is 26.3 Å². The molecule has 0 unspecified atom stereocenters. The van der Waals surface area contributed by atoms with Gasteiger partial charge < -0.3 is 15.0 Å². The van der Waals surface area contributed by atoms with Crippen molar-refractivity contribution in [3.05, 3.63) is 34.9 Å². The maximum absolute atomic E-state index is 13.5. The molecular weight excluding hydrogens is 406 g/mol. The molecule has 3 amide bonds. The lowest BCUT2D eigenvalue weighted by molar-refractivity contribution is -0.142. The van der Waals surface area contributed by atoms with E-state index in [2.05, 4.69) is 31.3 Å². The standard InChI is InChI=1S/C25H33N3O4/c1-3-4-11-27(16(2)17-5-6-17)22(29)15-28-23(30)25(32-24(28)31)10-9-19-12-18(7-8-21(19)25)20-13-26-14-20/h7-8,12,16-17,20,26H,3-6,9-11,13-15H2,1-2H3/t16-,25+/m0/s1. The van der Waals surface area contributed by atoms with Gasteiger partial charge in [-0.15, -0.1) is 0 Å². The molecule has 5 rings (SSSR count). The number of hydrogen-bond donors (Lipinski definition) is 1. The van der Waals surface area contributed by atoms with Crippen LogP contribution >= 0.6 is 0 Å². The molecule has 2 heterocycles. The Morgan fingerprint density at radius 2 is 2.09 bits per heavy atom. The Kier molecular flexibility index (Phi) is 5.48. The summed E-state index contributed by atoms with van der Waals surface area (Å²) in [4.78, 5) is 42.4. The van der Waals surface area contributed by atoms with Crippen molar-refractivity contribution in [1.82, 2.24) is 15.1 Å². The number of fused-ring (bicyclic) bond motifs is 2. The fourth-order valence-electron chi connectivity index (χ4n) is 5.39. The van der Waals surface area contributed by atoms with Crippen LogP contribution in [0.25, 0.3) is 0 Å². The van der Waals surface area contributed by atoms with Gasteiger partial charge in [0.2, 0.25) is 11.5 Å². The first kappa shape index (κ1) is 21.4. The first-order valence-electron chi connectivity index (χ1n) is 12.1. The van der Waals surface area contributed by atoms with Crippen molar-refractivity contribution in [3.63, 3.8) is 0 Å². The third-order valence-corrected chi connectivity index (χ3v) is 7.80. The van der Waals surface area contributed by atoms with Crippen LogP contribution in [0.3, 0.4) is 0 Å². The van der Waals surface area contributed by atoms with Gasteiger partial charge >= 0.3 is 6.09 Å². The van der Waals surface area contributed by atoms with Gasteiger partial charge in [-0.05, 0) is 49.7 Å². The Morgan fingerprint density at radius 1 is 1.31 bits per heavy atom. The molecule has 1 aromatic rings. The molecule has 7 nitrogen and oxygen atoms in total. The predicted octanol–water partition coefficient (Wildman–Crippen LogP) is 2.92. The van der Waals surface area contributed by atoms with Gasteiger partial charge in [-0.3, -0.25) is 9.59 Å². The molecule has 7 heteroatoms. The topological polar surface area (TPSA) is 79.0 Å². The second-order valence-corrected chi connectivity index (χ2v) is 9.88. The summed E-state index contributed by atoms with van der Waals surface area (Å²) in [6.07, 6.45) is 4.63. The minimum Gasteiger partial charge on any atom is -0.427 e. The van der Waals surface area contributed by atoms with Gasteiger partial charge in [0.25, 0.3) is 5.91 Å². The highest BCUT2D eigenvalue weighted by atomic mass is 16.6. The molecule has 0 aromatic heterocycles. The lowest BCUT2D eigenvalue weighted by Gasteiger charge is -2.30. The first-order valence-corrected chi connectivity index (χ1v) is 12.1. The molecule has 0 radical (unpaired) electrons. The van der Waals surface area contributed by atoms with Crippen molar-refractivity contribution in [3.8, 4) is 0 Å². The molecule has 1 spiro atoms. The Morgan fingerprint density at radius 3 is 2.75 bits per heavy atom. The Bertz CT molecular complexity index is 939. The summed E-state index contributed by atoms with van der Waals surface area (Å²) in [6.45, 7) is 6.56. The zero-order valence-corrected chi connectivity index (χ0v) is 19.1. The summed E-state index contributed by atoms with van der Waals surface area (Å²) in [7, 11) is 0. The van der Waals surface area contributed by atoms with E-state index in [0.717, 1.165) is 54.8 Å². The summed E-state index contributed by atoms with van der Waals surface area (Å²) in [5.41, 5.74) is 1.87. The van der Waals surface area contributed by atoms with E-state index in [-0.39, 0.29) is 24.4 Å². The maximum atomic E-state index is 13.5. The van der Waals surface area contributed by atoms with Crippen LogP contribution in [0.2, 0.25) is 0 Å². The molecule has 2 saturated heterocycles. The lowest BCUT2D eigenvalue weighted by Crippen LogP contribution is -2.48. The number of imide groups is 1. The number of nitrogens with one attached hydrogen (secondary N) is 1. The van der Waals surface area contributed by atoms with Crippen LogP contribution < -0.4 is 5.32 Å². The number of amides is 3. The smallest absolute Gasteiger partial charge is 0.418 e. The fourth-order valence-corrected chi connectivity index (χ4v) is 5.39. The molecular formula is C25H33N3O4. The molecule has 1 saturated carbocycles. The zero-order chi connectivity index (χ0) is 22.5. The van der Waals surface area contributed by atoms with Gasteiger partial charge in [0.05, 0.1) is 0 Å². The number of carbonyl (C=O) groups is 3. The highest BCUT2D eigenvalue weighted by Gasteiger charge is 2.58. The average molecular weight is 440 g/mol. The van der Waals surface area contributed by atoms with E-state index in [1.807, 2.05) is 11.0 Å². The second kappa shape index (κ2) is 8.18. The summed E-state index contributed by atoms with van der Waals surface area (Å²) in [5.74, 6) is 0.494. The Hall–Kier alpha value is -2.41. The third kappa shape index (κ3) is 3.51. The normalized spacial score (nSPS) is 25.6. The van der Waals surface area contributed by atoms with Gasteiger partial charge in [0.15, 0.2) is 0 Å². The third-order valence-electron chi connectivity index (χ3n) is 7.80. The fraction of sp³-hybridized carbons (Fsp3) is 0.640. The molecule has 2 aliphatic heterocycles. The second-order valence-electron chi connectivity index (χ2n) is 9.88. The largest absolute Gasteiger partial charge is 0.427 e. The quantitative estimate of drug-likeness (QED) is 0.674. The molecule has 32 heavy (non-hydrogen) atoms. The van der Waals surface area contributed by atoms with Gasteiger partial charge in [0, 0.05) is 43.6 Å². The molecule has 4 aliphatic rings. The van der Waals surface area contributed by atoms with E-state index in [1.165, 1.54) is 5.56 Å². The molecule has 2 atom stereocenters. The highest BCUT2D eigenvalue weighted by Crippen LogP contribution is 2.46. The molecule has 1 aromatic carbocycles.